The first-order chi connectivity index (χ1) is 34.1. The lowest BCUT2D eigenvalue weighted by molar-refractivity contribution is -0.301. The van der Waals surface area contributed by atoms with Crippen molar-refractivity contribution >= 4 is 16.4 Å². The van der Waals surface area contributed by atoms with Crippen LogP contribution in [0.15, 0.2) is 97.2 Å². The molecule has 13 heteroatoms. The van der Waals surface area contributed by atoms with E-state index in [1.54, 1.807) is 0 Å². The molecule has 1 fully saturated rings. The zero-order chi connectivity index (χ0) is 51.0. The van der Waals surface area contributed by atoms with E-state index in [1.807, 2.05) is 6.08 Å². The van der Waals surface area contributed by atoms with E-state index in [4.69, 9.17) is 18.9 Å². The van der Waals surface area contributed by atoms with Crippen molar-refractivity contribution in [2.45, 2.75) is 230 Å². The number of hydrogen-bond donors (Lipinski definition) is 4. The number of carbonyl (C=O) groups excluding carboxylic acids is 1. The zero-order valence-corrected chi connectivity index (χ0v) is 44.1. The van der Waals surface area contributed by atoms with Crippen molar-refractivity contribution in [1.82, 2.24) is 0 Å². The number of aliphatic hydroxyl groups is 3. The molecule has 0 aromatic heterocycles. The normalized spacial score (nSPS) is 19.9. The van der Waals surface area contributed by atoms with Crippen molar-refractivity contribution in [2.24, 2.45) is 0 Å². The fraction of sp³-hybridized carbons (Fsp3) is 0.702. The summed E-state index contributed by atoms with van der Waals surface area (Å²) in [5, 5.41) is 30.8. The van der Waals surface area contributed by atoms with Gasteiger partial charge in [-0.1, -0.05) is 195 Å². The number of allylic oxidation sites excluding steroid dienone is 16. The average Bonchev–Trinajstić information content (AvgIpc) is 3.34. The van der Waals surface area contributed by atoms with E-state index >= 15 is 0 Å². The van der Waals surface area contributed by atoms with Crippen molar-refractivity contribution in [3.05, 3.63) is 97.2 Å². The predicted octanol–water partition coefficient (Wildman–Crippen LogP) is 13.0. The number of ether oxygens (including phenoxy) is 4. The summed E-state index contributed by atoms with van der Waals surface area (Å²) in [5.74, 6) is -0.459. The highest BCUT2D eigenvalue weighted by Gasteiger charge is 2.48. The van der Waals surface area contributed by atoms with E-state index in [2.05, 4.69) is 109 Å². The topological polar surface area (TPSA) is 178 Å². The van der Waals surface area contributed by atoms with Gasteiger partial charge in [-0.15, -0.1) is 0 Å². The number of esters is 1. The van der Waals surface area contributed by atoms with Crippen LogP contribution in [-0.4, -0.2) is 97.5 Å². The summed E-state index contributed by atoms with van der Waals surface area (Å²) in [6.45, 7) is 3.80. The third kappa shape index (κ3) is 39.6. The molecular weight excluding hydrogens is 909 g/mol. The van der Waals surface area contributed by atoms with Gasteiger partial charge in [0.25, 0.3) is 0 Å². The Morgan fingerprint density at radius 2 is 0.986 bits per heavy atom. The average molecular weight is 1010 g/mol. The highest BCUT2D eigenvalue weighted by Crippen LogP contribution is 2.26. The predicted molar refractivity (Wildman–Crippen MR) is 285 cm³/mol. The highest BCUT2D eigenvalue weighted by atomic mass is 32.3. The second-order valence-electron chi connectivity index (χ2n) is 18.1. The van der Waals surface area contributed by atoms with Gasteiger partial charge in [-0.25, -0.2) is 4.18 Å². The van der Waals surface area contributed by atoms with E-state index in [9.17, 15) is 33.1 Å². The molecule has 402 valence electrons. The van der Waals surface area contributed by atoms with E-state index in [1.165, 1.54) is 96.3 Å². The molecule has 4 N–H and O–H groups in total. The molecule has 0 bridgehead atoms. The smallest absolute Gasteiger partial charge is 0.397 e. The Morgan fingerprint density at radius 3 is 1.46 bits per heavy atom. The van der Waals surface area contributed by atoms with Gasteiger partial charge >= 0.3 is 16.4 Å². The van der Waals surface area contributed by atoms with Crippen molar-refractivity contribution in [3.63, 3.8) is 0 Å². The maximum absolute atomic E-state index is 12.9. The lowest BCUT2D eigenvalue weighted by atomic mass is 9.99. The summed E-state index contributed by atoms with van der Waals surface area (Å²) in [5.41, 5.74) is 0. The Labute approximate surface area is 425 Å². The zero-order valence-electron chi connectivity index (χ0n) is 43.3. The van der Waals surface area contributed by atoms with Crippen molar-refractivity contribution in [2.75, 3.05) is 26.4 Å². The Bertz CT molecular complexity index is 1580. The molecule has 1 saturated heterocycles. The molecule has 0 radical (unpaired) electrons. The first-order valence-corrected chi connectivity index (χ1v) is 28.4. The maximum Gasteiger partial charge on any atom is 0.397 e. The summed E-state index contributed by atoms with van der Waals surface area (Å²) in [6, 6.07) is 0. The van der Waals surface area contributed by atoms with Gasteiger partial charge in [-0.05, 0) is 89.9 Å². The molecule has 1 rings (SSSR count). The Morgan fingerprint density at radius 1 is 0.557 bits per heavy atom. The van der Waals surface area contributed by atoms with Gasteiger partial charge < -0.3 is 34.3 Å². The summed E-state index contributed by atoms with van der Waals surface area (Å²) in [7, 11) is -5.08. The Hall–Kier alpha value is -2.98. The number of aliphatic hydroxyl groups excluding tert-OH is 3. The Kier molecular flexibility index (Phi) is 43.7. The van der Waals surface area contributed by atoms with Crippen LogP contribution in [0.2, 0.25) is 0 Å². The molecule has 6 unspecified atom stereocenters. The molecule has 70 heavy (non-hydrogen) atoms. The molecule has 0 aliphatic carbocycles. The van der Waals surface area contributed by atoms with E-state index in [-0.39, 0.29) is 19.6 Å². The van der Waals surface area contributed by atoms with Crippen LogP contribution in [0.5, 0.6) is 0 Å². The van der Waals surface area contributed by atoms with Gasteiger partial charge in [0.05, 0.1) is 19.8 Å². The van der Waals surface area contributed by atoms with Crippen molar-refractivity contribution in [1.29, 1.82) is 0 Å². The number of carbonyl (C=O) groups is 1. The quantitative estimate of drug-likeness (QED) is 0.0197. The van der Waals surface area contributed by atoms with Crippen molar-refractivity contribution < 1.29 is 56.2 Å². The summed E-state index contributed by atoms with van der Waals surface area (Å²) >= 11 is 0. The van der Waals surface area contributed by atoms with Crippen LogP contribution >= 0.6 is 0 Å². The van der Waals surface area contributed by atoms with Crippen LogP contribution in [0.4, 0.5) is 0 Å². The minimum Gasteiger partial charge on any atom is -0.457 e. The second kappa shape index (κ2) is 47.1. The first kappa shape index (κ1) is 65.0. The number of unbranched alkanes of at least 4 members (excludes halogenated alkanes) is 17. The van der Waals surface area contributed by atoms with Crippen LogP contribution < -0.4 is 0 Å². The fourth-order valence-electron chi connectivity index (χ4n) is 7.66. The van der Waals surface area contributed by atoms with Gasteiger partial charge in [-0.2, -0.15) is 8.42 Å². The lowest BCUT2D eigenvalue weighted by Crippen LogP contribution is -2.60. The molecule has 0 amide bonds. The summed E-state index contributed by atoms with van der Waals surface area (Å²) in [6.07, 6.45) is 55.9. The lowest BCUT2D eigenvalue weighted by Gasteiger charge is -2.41. The van der Waals surface area contributed by atoms with Crippen LogP contribution in [-0.2, 0) is 38.3 Å². The third-order valence-electron chi connectivity index (χ3n) is 11.7. The van der Waals surface area contributed by atoms with Crippen LogP contribution in [0.25, 0.3) is 0 Å². The molecule has 0 aromatic rings. The third-order valence-corrected chi connectivity index (χ3v) is 12.2. The maximum atomic E-state index is 12.9. The Balaban J connectivity index is 2.40. The molecule has 0 saturated carbocycles. The van der Waals surface area contributed by atoms with Crippen LogP contribution in [0.1, 0.15) is 194 Å². The van der Waals surface area contributed by atoms with Gasteiger partial charge in [0.1, 0.15) is 30.5 Å². The number of rotatable bonds is 46. The second-order valence-corrected chi connectivity index (χ2v) is 19.1. The van der Waals surface area contributed by atoms with Gasteiger partial charge in [0.2, 0.25) is 0 Å². The minimum absolute atomic E-state index is 0.00628. The van der Waals surface area contributed by atoms with Crippen molar-refractivity contribution in [3.8, 4) is 0 Å². The molecular formula is C57H96O12S. The molecule has 12 nitrogen and oxygen atoms in total. The van der Waals surface area contributed by atoms with Gasteiger partial charge in [-0.3, -0.25) is 9.35 Å². The highest BCUT2D eigenvalue weighted by molar-refractivity contribution is 7.80. The van der Waals surface area contributed by atoms with E-state index in [0.717, 1.165) is 64.2 Å². The molecule has 1 aliphatic heterocycles. The summed E-state index contributed by atoms with van der Waals surface area (Å²) < 4.78 is 59.3. The fourth-order valence-corrected chi connectivity index (χ4v) is 8.16. The molecule has 0 aromatic carbocycles. The molecule has 1 aliphatic rings. The van der Waals surface area contributed by atoms with Gasteiger partial charge in [0.15, 0.2) is 6.29 Å². The number of hydrogen-bond acceptors (Lipinski definition) is 11. The molecule has 1 heterocycles. The SMILES string of the molecule is CC/C=C\C/C=C\C/C=C\C/C=C\C/C=C\C/C=C\C/C=C\CCCC(=O)OC(COCCCCCCCCCCCC/C=C\CCCCCCCC)COC1OC(CO)C(O)C(OS(=O)(=O)O)C1O. The molecule has 6 atom stereocenters. The largest absolute Gasteiger partial charge is 0.457 e. The standard InChI is InChI=1S/C57H96O12S/c1-3-5-7-9-11-13-15-17-19-21-23-25-26-27-28-30-32-34-36-38-40-42-44-46-53(59)67-51(50-66-57-55(61)56(69-70(62,63)64)54(60)52(48-58)68-57)49-65-47-45-43-41-39-37-35-33-31-29-24-22-20-18-16-14-12-10-8-6-4-2/h5,7,11,13,17-20,23,25,27-28,32,34,38,40,51-52,54-58,60-61H,3-4,6,8-10,12,14-16,21-22,24,26,29-31,33,35-37,39,41-50H2,1-2H3,(H,62,63,64)/b7-5-,13-11-,19-17-,20-18-,25-23-,28-27-,34-32-,40-38-. The van der Waals surface area contributed by atoms with E-state index in [0.29, 0.717) is 19.4 Å². The van der Waals surface area contributed by atoms with Crippen LogP contribution in [0.3, 0.4) is 0 Å². The minimum atomic E-state index is -5.08. The molecule has 0 spiro atoms. The summed E-state index contributed by atoms with van der Waals surface area (Å²) in [4.78, 5) is 12.9. The first-order valence-electron chi connectivity index (χ1n) is 27.0. The van der Waals surface area contributed by atoms with Gasteiger partial charge in [0, 0.05) is 13.0 Å². The van der Waals surface area contributed by atoms with Crippen LogP contribution in [0, 0.1) is 0 Å². The van der Waals surface area contributed by atoms with E-state index < -0.39 is 59.8 Å². The monoisotopic (exact) mass is 1000 g/mol.